The molecule has 0 spiro atoms. The topological polar surface area (TPSA) is 46.5 Å². The summed E-state index contributed by atoms with van der Waals surface area (Å²) in [6.07, 6.45) is 3.35. The van der Waals surface area contributed by atoms with Crippen LogP contribution in [0.5, 0.6) is 0 Å². The quantitative estimate of drug-likeness (QED) is 0.710. The first-order valence-corrected chi connectivity index (χ1v) is 6.03. The van der Waals surface area contributed by atoms with Crippen LogP contribution in [0.4, 0.5) is 0 Å². The fourth-order valence-corrected chi connectivity index (χ4v) is 4.79. The Labute approximate surface area is 80.9 Å². The number of hydrogen-bond acceptors (Lipinski definition) is 3. The molecule has 3 nitrogen and oxygen atoms in total. The lowest BCUT2D eigenvalue weighted by atomic mass is 9.95. The summed E-state index contributed by atoms with van der Waals surface area (Å²) in [5.41, 5.74) is -0.700. The van der Waals surface area contributed by atoms with Crippen LogP contribution < -0.4 is 0 Å². The molecule has 2 unspecified atom stereocenters. The minimum Gasteiger partial charge on any atom is -0.387 e. The number of hydrogen-bond donors (Lipinski definition) is 1. The van der Waals surface area contributed by atoms with Gasteiger partial charge in [0.1, 0.15) is 0 Å². The van der Waals surface area contributed by atoms with Crippen molar-refractivity contribution >= 4 is 10.8 Å². The van der Waals surface area contributed by atoms with E-state index in [9.17, 15) is 9.32 Å². The Morgan fingerprint density at radius 1 is 1.46 bits per heavy atom. The first-order valence-electron chi connectivity index (χ1n) is 4.75. The van der Waals surface area contributed by atoms with Gasteiger partial charge in [0, 0.05) is 28.4 Å². The molecule has 1 N–H and O–H groups in total. The monoisotopic (exact) mass is 204 g/mol. The Balaban J connectivity index is 2.09. The van der Waals surface area contributed by atoms with Gasteiger partial charge in [0.25, 0.3) is 0 Å². The van der Waals surface area contributed by atoms with E-state index in [2.05, 4.69) is 0 Å². The molecule has 2 heterocycles. The number of methoxy groups -OCH3 is 1. The summed E-state index contributed by atoms with van der Waals surface area (Å²) in [6.45, 7) is 0.386. The number of rotatable bonds is 2. The van der Waals surface area contributed by atoms with Crippen LogP contribution in [-0.2, 0) is 15.5 Å². The van der Waals surface area contributed by atoms with E-state index in [1.807, 2.05) is 0 Å². The third-order valence-electron chi connectivity index (χ3n) is 3.10. The molecule has 2 bridgehead atoms. The maximum Gasteiger partial charge on any atom is 0.0902 e. The molecule has 0 aliphatic carbocycles. The molecule has 0 amide bonds. The van der Waals surface area contributed by atoms with Crippen molar-refractivity contribution in [2.75, 3.05) is 13.7 Å². The summed E-state index contributed by atoms with van der Waals surface area (Å²) in [6, 6.07) is 0. The van der Waals surface area contributed by atoms with Crippen molar-refractivity contribution in [2.24, 2.45) is 0 Å². The van der Waals surface area contributed by atoms with Crippen molar-refractivity contribution in [3.63, 3.8) is 0 Å². The summed E-state index contributed by atoms with van der Waals surface area (Å²) in [5, 5.41) is 10.6. The molecule has 13 heavy (non-hydrogen) atoms. The second-order valence-electron chi connectivity index (χ2n) is 4.22. The highest BCUT2D eigenvalue weighted by molar-refractivity contribution is 7.86. The number of aliphatic hydroxyl groups is 1. The molecule has 0 aromatic heterocycles. The maximum atomic E-state index is 11.6. The van der Waals surface area contributed by atoms with E-state index in [0.717, 1.165) is 12.8 Å². The second kappa shape index (κ2) is 3.33. The van der Waals surface area contributed by atoms with Crippen LogP contribution in [0.15, 0.2) is 0 Å². The van der Waals surface area contributed by atoms with Gasteiger partial charge in [-0.25, -0.2) is 0 Å². The van der Waals surface area contributed by atoms with E-state index in [1.165, 1.54) is 0 Å². The third-order valence-corrected chi connectivity index (χ3v) is 5.21. The van der Waals surface area contributed by atoms with E-state index in [0.29, 0.717) is 19.4 Å². The van der Waals surface area contributed by atoms with Crippen LogP contribution in [0.3, 0.4) is 0 Å². The van der Waals surface area contributed by atoms with Crippen molar-refractivity contribution in [1.29, 1.82) is 0 Å². The van der Waals surface area contributed by atoms with Gasteiger partial charge >= 0.3 is 0 Å². The number of fused-ring (bicyclic) bond motifs is 2. The zero-order chi connectivity index (χ0) is 9.47. The van der Waals surface area contributed by atoms with Gasteiger partial charge in [0.05, 0.1) is 12.2 Å². The molecule has 0 aromatic carbocycles. The van der Waals surface area contributed by atoms with E-state index >= 15 is 0 Å². The normalized spacial score (nSPS) is 49.5. The van der Waals surface area contributed by atoms with Gasteiger partial charge in [-0.2, -0.15) is 0 Å². The Bertz CT molecular complexity index is 213. The third kappa shape index (κ3) is 1.67. The largest absolute Gasteiger partial charge is 0.387 e. The molecule has 2 fully saturated rings. The molecule has 4 heteroatoms. The lowest BCUT2D eigenvalue weighted by Gasteiger charge is -2.35. The molecule has 0 aromatic rings. The zero-order valence-electron chi connectivity index (χ0n) is 7.86. The Kier molecular flexibility index (Phi) is 2.47. The van der Waals surface area contributed by atoms with Crippen molar-refractivity contribution in [3.8, 4) is 0 Å². The van der Waals surface area contributed by atoms with Gasteiger partial charge in [0.15, 0.2) is 0 Å². The molecule has 2 aliphatic heterocycles. The maximum absolute atomic E-state index is 11.6. The first kappa shape index (κ1) is 9.62. The van der Waals surface area contributed by atoms with Gasteiger partial charge in [-0.05, 0) is 25.7 Å². The molecular formula is C9H16O3S. The SMILES string of the molecule is COCC1(O)CC2CCC(C1)S2=O. The summed E-state index contributed by atoms with van der Waals surface area (Å²) < 4.78 is 16.6. The summed E-state index contributed by atoms with van der Waals surface area (Å²) in [5.74, 6) is 0. The zero-order valence-corrected chi connectivity index (χ0v) is 8.68. The Morgan fingerprint density at radius 2 is 2.00 bits per heavy atom. The van der Waals surface area contributed by atoms with Crippen molar-refractivity contribution in [3.05, 3.63) is 0 Å². The fraction of sp³-hybridized carbons (Fsp3) is 1.00. The van der Waals surface area contributed by atoms with Crippen molar-refractivity contribution in [2.45, 2.75) is 41.8 Å². The average Bonchev–Trinajstić information content (AvgIpc) is 2.34. The smallest absolute Gasteiger partial charge is 0.0902 e. The van der Waals surface area contributed by atoms with E-state index in [-0.39, 0.29) is 10.5 Å². The molecule has 2 aliphatic rings. The average molecular weight is 204 g/mol. The predicted octanol–water partition coefficient (Wildman–Crippen LogP) is 0.437. The highest BCUT2D eigenvalue weighted by atomic mass is 32.2. The minimum absolute atomic E-state index is 0.221. The second-order valence-corrected chi connectivity index (χ2v) is 6.21. The molecule has 2 rings (SSSR count). The van der Waals surface area contributed by atoms with Gasteiger partial charge in [-0.3, -0.25) is 4.21 Å². The van der Waals surface area contributed by atoms with Crippen molar-refractivity contribution in [1.82, 2.24) is 0 Å². The van der Waals surface area contributed by atoms with Crippen LogP contribution in [0.1, 0.15) is 25.7 Å². The molecule has 0 saturated carbocycles. The molecular weight excluding hydrogens is 188 g/mol. The van der Waals surface area contributed by atoms with E-state index in [1.54, 1.807) is 7.11 Å². The Morgan fingerprint density at radius 3 is 2.46 bits per heavy atom. The van der Waals surface area contributed by atoms with Crippen LogP contribution in [0, 0.1) is 0 Å². The lowest BCUT2D eigenvalue weighted by molar-refractivity contribution is -0.0428. The summed E-state index contributed by atoms with van der Waals surface area (Å²) >= 11 is 0. The van der Waals surface area contributed by atoms with Gasteiger partial charge in [0.2, 0.25) is 0 Å². The fourth-order valence-electron chi connectivity index (χ4n) is 2.56. The van der Waals surface area contributed by atoms with Crippen LogP contribution in [-0.4, -0.2) is 39.1 Å². The lowest BCUT2D eigenvalue weighted by Crippen LogP contribution is -2.45. The highest BCUT2D eigenvalue weighted by Gasteiger charge is 2.47. The molecule has 2 saturated heterocycles. The summed E-state index contributed by atoms with van der Waals surface area (Å²) in [4.78, 5) is 0. The van der Waals surface area contributed by atoms with Crippen molar-refractivity contribution < 1.29 is 14.1 Å². The highest BCUT2D eigenvalue weighted by Crippen LogP contribution is 2.40. The molecule has 0 radical (unpaired) electrons. The standard InChI is InChI=1S/C9H16O3S/c1-12-6-9(10)4-7-2-3-8(5-9)13(7)11/h7-8,10H,2-6H2,1H3. The minimum atomic E-state index is -0.700. The van der Waals surface area contributed by atoms with Crippen LogP contribution in [0.25, 0.3) is 0 Å². The van der Waals surface area contributed by atoms with Gasteiger partial charge in [-0.15, -0.1) is 0 Å². The van der Waals surface area contributed by atoms with Gasteiger partial charge < -0.3 is 9.84 Å². The van der Waals surface area contributed by atoms with Crippen LogP contribution >= 0.6 is 0 Å². The molecule has 76 valence electrons. The van der Waals surface area contributed by atoms with Crippen LogP contribution in [0.2, 0.25) is 0 Å². The van der Waals surface area contributed by atoms with E-state index in [4.69, 9.17) is 4.74 Å². The predicted molar refractivity (Wildman–Crippen MR) is 51.0 cm³/mol. The molecule has 2 atom stereocenters. The summed E-state index contributed by atoms with van der Waals surface area (Å²) in [7, 11) is 0.918. The number of ether oxygens (including phenoxy) is 1. The Hall–Kier alpha value is 0.0700. The first-order chi connectivity index (χ1) is 6.14. The van der Waals surface area contributed by atoms with Gasteiger partial charge in [-0.1, -0.05) is 0 Å². The van der Waals surface area contributed by atoms with E-state index < -0.39 is 16.4 Å².